The van der Waals surface area contributed by atoms with Gasteiger partial charge < -0.3 is 20.3 Å². The molecule has 2 aliphatic heterocycles. The van der Waals surface area contributed by atoms with Crippen molar-refractivity contribution in [1.29, 1.82) is 0 Å². The molecule has 126 valence electrons. The minimum atomic E-state index is 0. The van der Waals surface area contributed by atoms with Crippen LogP contribution >= 0.6 is 24.8 Å². The topological polar surface area (TPSA) is 53.6 Å². The van der Waals surface area contributed by atoms with E-state index in [1.807, 2.05) is 0 Å². The van der Waals surface area contributed by atoms with Crippen molar-refractivity contribution in [3.63, 3.8) is 0 Å². The predicted octanol–water partition coefficient (Wildman–Crippen LogP) is 1.20. The Labute approximate surface area is 140 Å². The average molecular weight is 342 g/mol. The van der Waals surface area contributed by atoms with E-state index < -0.39 is 0 Å². The maximum atomic E-state index is 11.9. The van der Waals surface area contributed by atoms with Gasteiger partial charge in [0.1, 0.15) is 0 Å². The maximum Gasteiger partial charge on any atom is 0.221 e. The number of morpholine rings is 1. The number of carbonyl (C=O) groups is 1. The third-order valence-corrected chi connectivity index (χ3v) is 3.82. The molecule has 2 fully saturated rings. The summed E-state index contributed by atoms with van der Waals surface area (Å²) in [6.45, 7) is 7.67. The maximum absolute atomic E-state index is 11.9. The SMILES string of the molecule is CC(CN1CCCCC1)NC(=O)CC1COCCN1.Cl.Cl. The van der Waals surface area contributed by atoms with Crippen molar-refractivity contribution in [2.45, 2.75) is 44.7 Å². The van der Waals surface area contributed by atoms with Gasteiger partial charge in [0.05, 0.1) is 13.2 Å². The van der Waals surface area contributed by atoms with Crippen molar-refractivity contribution in [1.82, 2.24) is 15.5 Å². The Hall–Kier alpha value is -0.0700. The summed E-state index contributed by atoms with van der Waals surface area (Å²) in [6.07, 6.45) is 4.46. The second-order valence-electron chi connectivity index (χ2n) is 5.76. The van der Waals surface area contributed by atoms with E-state index >= 15 is 0 Å². The van der Waals surface area contributed by atoms with Gasteiger partial charge in [0.15, 0.2) is 0 Å². The number of piperidine rings is 1. The van der Waals surface area contributed by atoms with Crippen molar-refractivity contribution in [2.24, 2.45) is 0 Å². The molecule has 0 aromatic heterocycles. The van der Waals surface area contributed by atoms with Crippen LogP contribution in [-0.4, -0.2) is 62.3 Å². The van der Waals surface area contributed by atoms with Gasteiger partial charge in [-0.3, -0.25) is 4.79 Å². The van der Waals surface area contributed by atoms with Gasteiger partial charge >= 0.3 is 0 Å². The van der Waals surface area contributed by atoms with E-state index in [4.69, 9.17) is 4.74 Å². The monoisotopic (exact) mass is 341 g/mol. The van der Waals surface area contributed by atoms with Gasteiger partial charge in [0.2, 0.25) is 5.91 Å². The summed E-state index contributed by atoms with van der Waals surface area (Å²) in [5, 5.41) is 6.41. The Balaban J connectivity index is 0.00000200. The van der Waals surface area contributed by atoms with E-state index in [1.54, 1.807) is 0 Å². The Morgan fingerprint density at radius 2 is 2.05 bits per heavy atom. The molecule has 2 unspecified atom stereocenters. The quantitative estimate of drug-likeness (QED) is 0.788. The van der Waals surface area contributed by atoms with Crippen LogP contribution in [0, 0.1) is 0 Å². The van der Waals surface area contributed by atoms with Crippen LogP contribution in [0.15, 0.2) is 0 Å². The van der Waals surface area contributed by atoms with E-state index in [0.29, 0.717) is 13.0 Å². The number of halogens is 2. The van der Waals surface area contributed by atoms with E-state index in [2.05, 4.69) is 22.5 Å². The largest absolute Gasteiger partial charge is 0.378 e. The van der Waals surface area contributed by atoms with Gasteiger partial charge in [-0.05, 0) is 32.9 Å². The van der Waals surface area contributed by atoms with Crippen LogP contribution in [0.3, 0.4) is 0 Å². The molecule has 0 radical (unpaired) electrons. The second-order valence-corrected chi connectivity index (χ2v) is 5.76. The summed E-state index contributed by atoms with van der Waals surface area (Å²) >= 11 is 0. The number of nitrogens with one attached hydrogen (secondary N) is 2. The molecule has 0 bridgehead atoms. The summed E-state index contributed by atoms with van der Waals surface area (Å²) < 4.78 is 5.36. The van der Waals surface area contributed by atoms with E-state index in [9.17, 15) is 4.79 Å². The number of hydrogen-bond donors (Lipinski definition) is 2. The number of rotatable bonds is 5. The number of nitrogens with zero attached hydrogens (tertiary/aromatic N) is 1. The lowest BCUT2D eigenvalue weighted by Gasteiger charge is -2.30. The molecule has 2 atom stereocenters. The minimum absolute atomic E-state index is 0. The van der Waals surface area contributed by atoms with Gasteiger partial charge in [-0.2, -0.15) is 0 Å². The lowest BCUT2D eigenvalue weighted by atomic mass is 10.1. The fraction of sp³-hybridized carbons (Fsp3) is 0.929. The lowest BCUT2D eigenvalue weighted by molar-refractivity contribution is -0.123. The van der Waals surface area contributed by atoms with Crippen molar-refractivity contribution < 1.29 is 9.53 Å². The predicted molar refractivity (Wildman–Crippen MR) is 89.6 cm³/mol. The summed E-state index contributed by atoms with van der Waals surface area (Å²) in [5.74, 6) is 0.132. The molecule has 0 aromatic rings. The zero-order valence-corrected chi connectivity index (χ0v) is 14.4. The fourth-order valence-corrected chi connectivity index (χ4v) is 2.88. The van der Waals surface area contributed by atoms with Gasteiger partial charge in [-0.25, -0.2) is 0 Å². The highest BCUT2D eigenvalue weighted by molar-refractivity contribution is 5.85. The van der Waals surface area contributed by atoms with Crippen LogP contribution in [0.2, 0.25) is 0 Å². The van der Waals surface area contributed by atoms with Gasteiger partial charge in [-0.15, -0.1) is 24.8 Å². The first-order chi connectivity index (χ1) is 9.24. The highest BCUT2D eigenvalue weighted by Crippen LogP contribution is 2.09. The summed E-state index contributed by atoms with van der Waals surface area (Å²) in [7, 11) is 0. The zero-order chi connectivity index (χ0) is 13.5. The smallest absolute Gasteiger partial charge is 0.221 e. The van der Waals surface area contributed by atoms with E-state index in [0.717, 1.165) is 19.7 Å². The first kappa shape index (κ1) is 20.9. The van der Waals surface area contributed by atoms with Crippen LogP contribution in [0.4, 0.5) is 0 Å². The summed E-state index contributed by atoms with van der Waals surface area (Å²) in [6, 6.07) is 0.408. The van der Waals surface area contributed by atoms with Gasteiger partial charge in [0.25, 0.3) is 0 Å². The molecule has 21 heavy (non-hydrogen) atoms. The zero-order valence-electron chi connectivity index (χ0n) is 12.8. The molecule has 7 heteroatoms. The van der Waals surface area contributed by atoms with Gasteiger partial charge in [0, 0.05) is 31.6 Å². The normalized spacial score (nSPS) is 24.3. The van der Waals surface area contributed by atoms with E-state index in [-0.39, 0.29) is 42.8 Å². The molecule has 2 rings (SSSR count). The van der Waals surface area contributed by atoms with E-state index in [1.165, 1.54) is 32.4 Å². The molecule has 2 N–H and O–H groups in total. The number of ether oxygens (including phenoxy) is 1. The van der Waals surface area contributed by atoms with Crippen LogP contribution in [0.25, 0.3) is 0 Å². The number of carbonyl (C=O) groups excluding carboxylic acids is 1. The molecule has 1 amide bonds. The minimum Gasteiger partial charge on any atom is -0.378 e. The Morgan fingerprint density at radius 1 is 1.33 bits per heavy atom. The molecule has 2 heterocycles. The summed E-state index contributed by atoms with van der Waals surface area (Å²) in [4.78, 5) is 14.4. The Kier molecular flexibility index (Phi) is 11.5. The number of hydrogen-bond acceptors (Lipinski definition) is 4. The molecule has 2 saturated heterocycles. The van der Waals surface area contributed by atoms with Crippen LogP contribution in [-0.2, 0) is 9.53 Å². The van der Waals surface area contributed by atoms with Crippen molar-refractivity contribution in [2.75, 3.05) is 39.4 Å². The van der Waals surface area contributed by atoms with Gasteiger partial charge in [-0.1, -0.05) is 6.42 Å². The van der Waals surface area contributed by atoms with Crippen molar-refractivity contribution in [3.8, 4) is 0 Å². The Bertz CT molecular complexity index is 283. The second kappa shape index (κ2) is 11.5. The molecule has 0 saturated carbocycles. The highest BCUT2D eigenvalue weighted by atomic mass is 35.5. The molecular weight excluding hydrogens is 313 g/mol. The number of amides is 1. The highest BCUT2D eigenvalue weighted by Gasteiger charge is 2.19. The third kappa shape index (κ3) is 8.21. The molecule has 2 aliphatic rings. The Morgan fingerprint density at radius 3 is 2.67 bits per heavy atom. The molecule has 0 aromatic carbocycles. The first-order valence-electron chi connectivity index (χ1n) is 7.57. The summed E-state index contributed by atoms with van der Waals surface area (Å²) in [5.41, 5.74) is 0. The standard InChI is InChI=1S/C14H27N3O2.2ClH/c1-12(10-17-6-3-2-4-7-17)16-14(18)9-13-11-19-8-5-15-13;;/h12-13,15H,2-11H2,1H3,(H,16,18);2*1H. The van der Waals surface area contributed by atoms with Crippen molar-refractivity contribution in [3.05, 3.63) is 0 Å². The number of likely N-dealkylation sites (tertiary alicyclic amines) is 1. The molecular formula is C14H29Cl2N3O2. The average Bonchev–Trinajstić information content (AvgIpc) is 2.40. The molecule has 5 nitrogen and oxygen atoms in total. The fourth-order valence-electron chi connectivity index (χ4n) is 2.88. The van der Waals surface area contributed by atoms with Crippen molar-refractivity contribution >= 4 is 30.7 Å². The third-order valence-electron chi connectivity index (χ3n) is 3.82. The van der Waals surface area contributed by atoms with Crippen LogP contribution in [0.5, 0.6) is 0 Å². The first-order valence-corrected chi connectivity index (χ1v) is 7.57. The van der Waals surface area contributed by atoms with Crippen LogP contribution < -0.4 is 10.6 Å². The van der Waals surface area contributed by atoms with Crippen LogP contribution in [0.1, 0.15) is 32.6 Å². The molecule has 0 spiro atoms. The molecule has 0 aliphatic carbocycles. The lowest BCUT2D eigenvalue weighted by Crippen LogP contribution is -2.47.